The Bertz CT molecular complexity index is 457. The number of halogens is 1. The van der Waals surface area contributed by atoms with Crippen LogP contribution in [0.4, 0.5) is 0 Å². The summed E-state index contributed by atoms with van der Waals surface area (Å²) in [6, 6.07) is 1.96. The van der Waals surface area contributed by atoms with Crippen molar-refractivity contribution in [2.45, 2.75) is 31.7 Å². The van der Waals surface area contributed by atoms with E-state index in [-0.39, 0.29) is 11.5 Å². The lowest BCUT2D eigenvalue weighted by atomic mass is 9.86. The maximum atomic E-state index is 6.23. The fourth-order valence-electron chi connectivity index (χ4n) is 2.79. The van der Waals surface area contributed by atoms with Crippen LogP contribution < -0.4 is 15.2 Å². The third-order valence-electron chi connectivity index (χ3n) is 3.44. The van der Waals surface area contributed by atoms with Gasteiger partial charge in [-0.05, 0) is 23.5 Å². The molecule has 2 N–H and O–H groups in total. The molecule has 1 aliphatic rings. The van der Waals surface area contributed by atoms with Crippen LogP contribution in [0.25, 0.3) is 0 Å². The van der Waals surface area contributed by atoms with Gasteiger partial charge in [0, 0.05) is 16.1 Å². The first kappa shape index (κ1) is 12.7. The lowest BCUT2D eigenvalue weighted by Crippen LogP contribution is -2.14. The van der Waals surface area contributed by atoms with Crippen LogP contribution in [0.15, 0.2) is 10.5 Å². The van der Waals surface area contributed by atoms with Crippen LogP contribution in [-0.2, 0) is 5.41 Å². The van der Waals surface area contributed by atoms with E-state index in [1.165, 1.54) is 5.56 Å². The van der Waals surface area contributed by atoms with Gasteiger partial charge in [0.15, 0.2) is 11.5 Å². The van der Waals surface area contributed by atoms with Gasteiger partial charge in [0.1, 0.15) is 0 Å². The van der Waals surface area contributed by atoms with Gasteiger partial charge < -0.3 is 15.2 Å². The van der Waals surface area contributed by atoms with Crippen LogP contribution in [-0.4, -0.2) is 14.2 Å². The topological polar surface area (TPSA) is 44.5 Å². The average molecular weight is 300 g/mol. The SMILES string of the molecule is COc1cc(Br)c2c(c1OC)C(N)CC2(C)C. The number of hydrogen-bond donors (Lipinski definition) is 1. The smallest absolute Gasteiger partial charge is 0.165 e. The van der Waals surface area contributed by atoms with Crippen LogP contribution in [0, 0.1) is 0 Å². The minimum absolute atomic E-state index is 0.00125. The maximum absolute atomic E-state index is 6.23. The number of nitrogens with two attached hydrogens (primary N) is 1. The normalized spacial score (nSPS) is 21.2. The van der Waals surface area contributed by atoms with Crippen LogP contribution in [0.2, 0.25) is 0 Å². The predicted molar refractivity (Wildman–Crippen MR) is 71.8 cm³/mol. The standard InChI is InChI=1S/C13H18BrNO2/c1-13(2)6-8(15)10-11(13)7(14)5-9(16-3)12(10)17-4/h5,8H,6,15H2,1-4H3. The number of methoxy groups -OCH3 is 2. The molecule has 0 heterocycles. The quantitative estimate of drug-likeness (QED) is 0.912. The zero-order valence-electron chi connectivity index (χ0n) is 10.6. The van der Waals surface area contributed by atoms with Crippen molar-refractivity contribution in [1.82, 2.24) is 0 Å². The Labute approximate surface area is 110 Å². The molecule has 0 aliphatic heterocycles. The third-order valence-corrected chi connectivity index (χ3v) is 4.06. The molecule has 0 saturated carbocycles. The van der Waals surface area contributed by atoms with Gasteiger partial charge >= 0.3 is 0 Å². The molecule has 0 radical (unpaired) electrons. The van der Waals surface area contributed by atoms with Gasteiger partial charge in [0.25, 0.3) is 0 Å². The zero-order valence-corrected chi connectivity index (χ0v) is 12.2. The Hall–Kier alpha value is -0.740. The monoisotopic (exact) mass is 299 g/mol. The molecular weight excluding hydrogens is 282 g/mol. The first-order chi connectivity index (χ1) is 7.92. The lowest BCUT2D eigenvalue weighted by molar-refractivity contribution is 0.350. The highest BCUT2D eigenvalue weighted by molar-refractivity contribution is 9.10. The Balaban J connectivity index is 2.76. The number of ether oxygens (including phenoxy) is 2. The van der Waals surface area contributed by atoms with Gasteiger partial charge in [-0.1, -0.05) is 29.8 Å². The van der Waals surface area contributed by atoms with Gasteiger partial charge in [-0.3, -0.25) is 0 Å². The summed E-state index contributed by atoms with van der Waals surface area (Å²) in [7, 11) is 3.30. The van der Waals surface area contributed by atoms with Gasteiger partial charge in [0.2, 0.25) is 0 Å². The maximum Gasteiger partial charge on any atom is 0.165 e. The van der Waals surface area contributed by atoms with Crippen molar-refractivity contribution >= 4 is 15.9 Å². The van der Waals surface area contributed by atoms with E-state index in [0.29, 0.717) is 0 Å². The largest absolute Gasteiger partial charge is 0.493 e. The third kappa shape index (κ3) is 1.83. The van der Waals surface area contributed by atoms with E-state index in [9.17, 15) is 0 Å². The number of hydrogen-bond acceptors (Lipinski definition) is 3. The molecule has 0 amide bonds. The molecule has 2 rings (SSSR count). The van der Waals surface area contributed by atoms with Gasteiger partial charge in [-0.2, -0.15) is 0 Å². The first-order valence-electron chi connectivity index (χ1n) is 5.62. The Morgan fingerprint density at radius 1 is 1.35 bits per heavy atom. The van der Waals surface area contributed by atoms with Gasteiger partial charge in [-0.15, -0.1) is 0 Å². The van der Waals surface area contributed by atoms with E-state index in [0.717, 1.165) is 28.0 Å². The van der Waals surface area contributed by atoms with Gasteiger partial charge in [0.05, 0.1) is 14.2 Å². The molecule has 0 aromatic heterocycles. The summed E-state index contributed by atoms with van der Waals surface area (Å²) in [4.78, 5) is 0. The molecule has 4 heteroatoms. The number of fused-ring (bicyclic) bond motifs is 1. The Morgan fingerprint density at radius 2 is 2.00 bits per heavy atom. The van der Waals surface area contributed by atoms with Crippen molar-refractivity contribution < 1.29 is 9.47 Å². The van der Waals surface area contributed by atoms with E-state index in [2.05, 4.69) is 29.8 Å². The molecule has 1 unspecified atom stereocenters. The fourth-order valence-corrected chi connectivity index (χ4v) is 3.74. The highest BCUT2D eigenvalue weighted by Crippen LogP contribution is 2.53. The molecule has 0 fully saturated rings. The Kier molecular flexibility index (Phi) is 3.12. The lowest BCUT2D eigenvalue weighted by Gasteiger charge is -2.21. The molecule has 0 saturated heterocycles. The van der Waals surface area contributed by atoms with E-state index >= 15 is 0 Å². The molecule has 0 spiro atoms. The minimum Gasteiger partial charge on any atom is -0.493 e. The van der Waals surface area contributed by atoms with Crippen LogP contribution >= 0.6 is 15.9 Å². The molecule has 1 aliphatic carbocycles. The zero-order chi connectivity index (χ0) is 12.8. The van der Waals surface area contributed by atoms with Crippen LogP contribution in [0.3, 0.4) is 0 Å². The predicted octanol–water partition coefficient (Wildman–Crippen LogP) is 3.15. The second kappa shape index (κ2) is 4.18. The summed E-state index contributed by atoms with van der Waals surface area (Å²) in [5.74, 6) is 1.50. The molecule has 17 heavy (non-hydrogen) atoms. The van der Waals surface area contributed by atoms with Crippen molar-refractivity contribution in [3.05, 3.63) is 21.7 Å². The first-order valence-corrected chi connectivity index (χ1v) is 6.42. The summed E-state index contributed by atoms with van der Waals surface area (Å²) in [6.07, 6.45) is 0.921. The second-order valence-corrected chi connectivity index (χ2v) is 5.93. The molecule has 1 aromatic rings. The van der Waals surface area contributed by atoms with Crippen molar-refractivity contribution in [2.24, 2.45) is 5.73 Å². The number of rotatable bonds is 2. The number of benzene rings is 1. The van der Waals surface area contributed by atoms with Crippen molar-refractivity contribution in [2.75, 3.05) is 14.2 Å². The van der Waals surface area contributed by atoms with Crippen LogP contribution in [0.5, 0.6) is 11.5 Å². The van der Waals surface area contributed by atoms with Gasteiger partial charge in [-0.25, -0.2) is 0 Å². The highest BCUT2D eigenvalue weighted by atomic mass is 79.9. The molecule has 94 valence electrons. The minimum atomic E-state index is 0.00125. The highest BCUT2D eigenvalue weighted by Gasteiger charge is 2.40. The van der Waals surface area contributed by atoms with Crippen LogP contribution in [0.1, 0.15) is 37.4 Å². The van der Waals surface area contributed by atoms with E-state index in [1.54, 1.807) is 14.2 Å². The van der Waals surface area contributed by atoms with E-state index in [1.807, 2.05) is 6.07 Å². The summed E-state index contributed by atoms with van der Waals surface area (Å²) in [5.41, 5.74) is 8.61. The summed E-state index contributed by atoms with van der Waals surface area (Å²) in [6.45, 7) is 4.41. The second-order valence-electron chi connectivity index (χ2n) is 5.08. The molecule has 1 aromatic carbocycles. The molecule has 0 bridgehead atoms. The van der Waals surface area contributed by atoms with Crippen molar-refractivity contribution in [3.63, 3.8) is 0 Å². The van der Waals surface area contributed by atoms with E-state index in [4.69, 9.17) is 15.2 Å². The van der Waals surface area contributed by atoms with Crippen molar-refractivity contribution in [1.29, 1.82) is 0 Å². The average Bonchev–Trinajstić information content (AvgIpc) is 2.49. The molecule has 1 atom stereocenters. The van der Waals surface area contributed by atoms with E-state index < -0.39 is 0 Å². The fraction of sp³-hybridized carbons (Fsp3) is 0.538. The summed E-state index contributed by atoms with van der Waals surface area (Å²) < 4.78 is 11.9. The summed E-state index contributed by atoms with van der Waals surface area (Å²) in [5, 5.41) is 0. The van der Waals surface area contributed by atoms with Crippen molar-refractivity contribution in [3.8, 4) is 11.5 Å². The molecular formula is C13H18BrNO2. The Morgan fingerprint density at radius 3 is 2.53 bits per heavy atom. The molecule has 3 nitrogen and oxygen atoms in total. The summed E-state index contributed by atoms with van der Waals surface area (Å²) >= 11 is 3.61.